The smallest absolute Gasteiger partial charge is 0.201 e. The fourth-order valence-electron chi connectivity index (χ4n) is 1.34. The zero-order chi connectivity index (χ0) is 10.3. The molecule has 0 aliphatic rings. The zero-order valence-corrected chi connectivity index (χ0v) is 9.47. The van der Waals surface area contributed by atoms with Crippen molar-refractivity contribution in [3.8, 4) is 5.75 Å². The van der Waals surface area contributed by atoms with Crippen LogP contribution in [-0.2, 0) is 0 Å². The van der Waals surface area contributed by atoms with Crippen molar-refractivity contribution in [1.82, 2.24) is 0 Å². The van der Waals surface area contributed by atoms with Crippen molar-refractivity contribution in [1.29, 1.82) is 0 Å². The Bertz CT molecular complexity index is 352. The molecule has 0 bridgehead atoms. The van der Waals surface area contributed by atoms with Crippen molar-refractivity contribution in [3.05, 3.63) is 60.7 Å². The molecule has 2 rings (SSSR count). The van der Waals surface area contributed by atoms with E-state index in [0.717, 1.165) is 5.75 Å². The Kier molecular flexibility index (Phi) is 7.51. The average Bonchev–Trinajstić information content (AvgIpc) is 2.32. The SMILES string of the molecule is O.O.[B](COc1ccccc1)c1ccccc1. The fourth-order valence-corrected chi connectivity index (χ4v) is 1.34. The van der Waals surface area contributed by atoms with E-state index in [0.29, 0.717) is 6.51 Å². The molecule has 0 amide bonds. The Morgan fingerprint density at radius 3 is 1.88 bits per heavy atom. The van der Waals surface area contributed by atoms with Gasteiger partial charge in [-0.25, -0.2) is 0 Å². The van der Waals surface area contributed by atoms with E-state index in [1.54, 1.807) is 0 Å². The predicted octanol–water partition coefficient (Wildman–Crippen LogP) is 0.403. The van der Waals surface area contributed by atoms with E-state index in [2.05, 4.69) is 19.4 Å². The third kappa shape index (κ3) is 5.20. The first-order valence-electron chi connectivity index (χ1n) is 5.01. The monoisotopic (exact) mass is 231 g/mol. The summed E-state index contributed by atoms with van der Waals surface area (Å²) >= 11 is 0. The second-order valence-electron chi connectivity index (χ2n) is 3.24. The van der Waals surface area contributed by atoms with Gasteiger partial charge in [0.15, 0.2) is 0 Å². The Morgan fingerprint density at radius 1 is 0.765 bits per heavy atom. The van der Waals surface area contributed by atoms with Crippen LogP contribution < -0.4 is 10.2 Å². The van der Waals surface area contributed by atoms with Crippen molar-refractivity contribution < 1.29 is 15.7 Å². The van der Waals surface area contributed by atoms with Crippen molar-refractivity contribution in [3.63, 3.8) is 0 Å². The van der Waals surface area contributed by atoms with Crippen LogP contribution in [0.2, 0.25) is 0 Å². The first-order chi connectivity index (χ1) is 7.45. The maximum atomic E-state index is 5.55. The van der Waals surface area contributed by atoms with Crippen molar-refractivity contribution >= 4 is 12.7 Å². The lowest BCUT2D eigenvalue weighted by Gasteiger charge is -2.04. The molecule has 2 aromatic carbocycles. The standard InChI is InChI=1S/C13H12BO.2H2O/c1-3-7-12(8-4-1)14-11-15-13-9-5-2-6-10-13;;/h1-10H,11H2;2*1H2. The van der Waals surface area contributed by atoms with Crippen molar-refractivity contribution in [2.24, 2.45) is 0 Å². The number of para-hydroxylation sites is 1. The quantitative estimate of drug-likeness (QED) is 0.702. The van der Waals surface area contributed by atoms with E-state index in [4.69, 9.17) is 4.74 Å². The van der Waals surface area contributed by atoms with Crippen LogP contribution in [-0.4, -0.2) is 24.7 Å². The highest BCUT2D eigenvalue weighted by atomic mass is 16.5. The summed E-state index contributed by atoms with van der Waals surface area (Å²) in [6.07, 6.45) is 0. The number of hydrogen-bond donors (Lipinski definition) is 0. The lowest BCUT2D eigenvalue weighted by molar-refractivity contribution is 0.385. The van der Waals surface area contributed by atoms with Crippen LogP contribution in [0.25, 0.3) is 0 Å². The Balaban J connectivity index is 0.00000128. The van der Waals surface area contributed by atoms with Crippen LogP contribution in [0, 0.1) is 0 Å². The summed E-state index contributed by atoms with van der Waals surface area (Å²) in [6, 6.07) is 20.0. The van der Waals surface area contributed by atoms with Crippen LogP contribution in [0.4, 0.5) is 0 Å². The van der Waals surface area contributed by atoms with Gasteiger partial charge < -0.3 is 15.7 Å². The van der Waals surface area contributed by atoms with Gasteiger partial charge in [0.05, 0.1) is 6.51 Å². The van der Waals surface area contributed by atoms with E-state index >= 15 is 0 Å². The van der Waals surface area contributed by atoms with Crippen LogP contribution in [0.1, 0.15) is 0 Å². The summed E-state index contributed by atoms with van der Waals surface area (Å²) in [6.45, 7) is 0.605. The minimum Gasteiger partial charge on any atom is -0.502 e. The van der Waals surface area contributed by atoms with Gasteiger partial charge in [-0.15, -0.1) is 0 Å². The molecule has 0 heterocycles. The van der Waals surface area contributed by atoms with Crippen molar-refractivity contribution in [2.45, 2.75) is 0 Å². The van der Waals surface area contributed by atoms with Gasteiger partial charge in [0.1, 0.15) is 5.75 Å². The second-order valence-corrected chi connectivity index (χ2v) is 3.24. The Hall–Kier alpha value is -1.78. The molecule has 0 atom stereocenters. The minimum absolute atomic E-state index is 0. The molecule has 89 valence electrons. The molecule has 0 saturated heterocycles. The average molecular weight is 231 g/mol. The molecule has 0 aliphatic heterocycles. The third-order valence-electron chi connectivity index (χ3n) is 2.11. The summed E-state index contributed by atoms with van der Waals surface area (Å²) in [5, 5.41) is 0. The number of hydrogen-bond acceptors (Lipinski definition) is 1. The zero-order valence-electron chi connectivity index (χ0n) is 9.47. The first kappa shape index (κ1) is 15.2. The van der Waals surface area contributed by atoms with Gasteiger partial charge in [0.2, 0.25) is 7.28 Å². The summed E-state index contributed by atoms with van der Waals surface area (Å²) in [7, 11) is 2.06. The number of benzene rings is 2. The lowest BCUT2D eigenvalue weighted by atomic mass is 9.72. The molecule has 0 saturated carbocycles. The van der Waals surface area contributed by atoms with Gasteiger partial charge in [-0.3, -0.25) is 0 Å². The maximum absolute atomic E-state index is 5.55. The maximum Gasteiger partial charge on any atom is 0.201 e. The molecule has 4 heteroatoms. The van der Waals surface area contributed by atoms with E-state index in [-0.39, 0.29) is 11.0 Å². The second kappa shape index (κ2) is 8.39. The van der Waals surface area contributed by atoms with Crippen LogP contribution in [0.3, 0.4) is 0 Å². The molecule has 4 N–H and O–H groups in total. The predicted molar refractivity (Wildman–Crippen MR) is 71.0 cm³/mol. The highest BCUT2D eigenvalue weighted by Gasteiger charge is 1.95. The number of ether oxygens (including phenoxy) is 1. The minimum atomic E-state index is 0. The molecule has 0 fully saturated rings. The molecule has 17 heavy (non-hydrogen) atoms. The normalized spacial score (nSPS) is 8.47. The molecular weight excluding hydrogens is 215 g/mol. The van der Waals surface area contributed by atoms with E-state index < -0.39 is 0 Å². The summed E-state index contributed by atoms with van der Waals surface area (Å²) in [4.78, 5) is 0. The van der Waals surface area contributed by atoms with Gasteiger partial charge in [-0.2, -0.15) is 0 Å². The van der Waals surface area contributed by atoms with Gasteiger partial charge in [0.25, 0.3) is 0 Å². The number of rotatable bonds is 4. The molecule has 0 aromatic heterocycles. The Morgan fingerprint density at radius 2 is 1.29 bits per heavy atom. The van der Waals surface area contributed by atoms with E-state index in [9.17, 15) is 0 Å². The van der Waals surface area contributed by atoms with Crippen molar-refractivity contribution in [2.75, 3.05) is 6.51 Å². The summed E-state index contributed by atoms with van der Waals surface area (Å²) < 4.78 is 5.55. The van der Waals surface area contributed by atoms with Gasteiger partial charge in [0, 0.05) is 0 Å². The molecule has 2 aromatic rings. The largest absolute Gasteiger partial charge is 0.502 e. The molecular formula is C13H16BO3. The van der Waals surface area contributed by atoms with Crippen LogP contribution in [0.5, 0.6) is 5.75 Å². The lowest BCUT2D eigenvalue weighted by Crippen LogP contribution is -2.20. The molecule has 1 radical (unpaired) electrons. The first-order valence-corrected chi connectivity index (χ1v) is 5.01. The molecule has 0 unspecified atom stereocenters. The van der Waals surface area contributed by atoms with Crippen LogP contribution in [0.15, 0.2) is 60.7 Å². The molecule has 0 aliphatic carbocycles. The topological polar surface area (TPSA) is 72.2 Å². The highest BCUT2D eigenvalue weighted by Crippen LogP contribution is 2.07. The van der Waals surface area contributed by atoms with E-state index in [1.807, 2.05) is 48.5 Å². The van der Waals surface area contributed by atoms with E-state index in [1.165, 1.54) is 5.46 Å². The fraction of sp³-hybridized carbons (Fsp3) is 0.0769. The van der Waals surface area contributed by atoms with Gasteiger partial charge in [-0.05, 0) is 12.1 Å². The summed E-state index contributed by atoms with van der Waals surface area (Å²) in [5.74, 6) is 0.907. The Labute approximate surface area is 102 Å². The van der Waals surface area contributed by atoms with Crippen LogP contribution >= 0.6 is 0 Å². The van der Waals surface area contributed by atoms with Gasteiger partial charge >= 0.3 is 0 Å². The summed E-state index contributed by atoms with van der Waals surface area (Å²) in [5.41, 5.74) is 1.19. The highest BCUT2D eigenvalue weighted by molar-refractivity contribution is 6.53. The molecule has 3 nitrogen and oxygen atoms in total. The van der Waals surface area contributed by atoms with Gasteiger partial charge in [-0.1, -0.05) is 54.0 Å². The molecule has 0 spiro atoms. The third-order valence-corrected chi connectivity index (χ3v) is 2.11.